The van der Waals surface area contributed by atoms with E-state index in [-0.39, 0.29) is 11.9 Å². The smallest absolute Gasteiger partial charge is 0.339 e. The summed E-state index contributed by atoms with van der Waals surface area (Å²) in [5.74, 6) is -0.637. The van der Waals surface area contributed by atoms with E-state index in [0.717, 1.165) is 5.56 Å². The maximum atomic E-state index is 12.7. The lowest BCUT2D eigenvalue weighted by atomic mass is 10.1. The van der Waals surface area contributed by atoms with Crippen molar-refractivity contribution >= 4 is 11.9 Å². The van der Waals surface area contributed by atoms with Gasteiger partial charge in [0.15, 0.2) is 0 Å². The number of hydrogen-bond donors (Lipinski definition) is 0. The van der Waals surface area contributed by atoms with Crippen molar-refractivity contribution in [3.63, 3.8) is 0 Å². The van der Waals surface area contributed by atoms with E-state index < -0.39 is 5.97 Å². The lowest BCUT2D eigenvalue weighted by molar-refractivity contribution is 0.0597. The second-order valence-corrected chi connectivity index (χ2v) is 5.44. The first-order valence-corrected chi connectivity index (χ1v) is 7.42. The summed E-state index contributed by atoms with van der Waals surface area (Å²) in [6.07, 6.45) is 1.36. The molecule has 0 unspecified atom stereocenters. The molecule has 0 radical (unpaired) electrons. The van der Waals surface area contributed by atoms with Gasteiger partial charge in [0.1, 0.15) is 5.69 Å². The number of benzene rings is 1. The van der Waals surface area contributed by atoms with Gasteiger partial charge in [-0.25, -0.2) is 4.79 Å². The number of carbonyl (C=O) groups excluding carboxylic acids is 2. The molecule has 0 saturated heterocycles. The van der Waals surface area contributed by atoms with Gasteiger partial charge in [-0.15, -0.1) is 0 Å². The monoisotopic (exact) mass is 312 g/mol. The molecule has 1 aromatic carbocycles. The summed E-state index contributed by atoms with van der Waals surface area (Å²) in [7, 11) is 1.31. The molecule has 2 rings (SSSR count). The number of ether oxygens (including phenoxy) is 1. The Bertz CT molecular complexity index is 666. The van der Waals surface area contributed by atoms with E-state index in [0.29, 0.717) is 17.8 Å². The molecule has 0 aliphatic heterocycles. The van der Waals surface area contributed by atoms with Crippen LogP contribution in [0.2, 0.25) is 0 Å². The van der Waals surface area contributed by atoms with Crippen LogP contribution < -0.4 is 0 Å². The molecule has 0 N–H and O–H groups in total. The van der Waals surface area contributed by atoms with E-state index in [1.54, 1.807) is 17.0 Å². The minimum atomic E-state index is -0.471. The molecule has 0 saturated carbocycles. The fourth-order valence-corrected chi connectivity index (χ4v) is 2.18. The molecule has 0 fully saturated rings. The summed E-state index contributed by atoms with van der Waals surface area (Å²) in [5, 5.41) is 0. The first-order valence-electron chi connectivity index (χ1n) is 7.42. The molecule has 23 heavy (non-hydrogen) atoms. The van der Waals surface area contributed by atoms with Crippen LogP contribution in [0.25, 0.3) is 0 Å². The molecule has 0 bridgehead atoms. The molecule has 1 aromatic heterocycles. The average Bonchev–Trinajstić information content (AvgIpc) is 2.59. The van der Waals surface area contributed by atoms with Crippen molar-refractivity contribution in [2.24, 2.45) is 0 Å². The van der Waals surface area contributed by atoms with Crippen molar-refractivity contribution in [3.8, 4) is 0 Å². The topological polar surface area (TPSA) is 59.5 Å². The van der Waals surface area contributed by atoms with E-state index in [1.807, 2.05) is 44.2 Å². The van der Waals surface area contributed by atoms with Gasteiger partial charge in [0.25, 0.3) is 5.91 Å². The first-order chi connectivity index (χ1) is 11.0. The number of carbonyl (C=O) groups is 2. The molecule has 0 aliphatic rings. The predicted molar refractivity (Wildman–Crippen MR) is 87.0 cm³/mol. The summed E-state index contributed by atoms with van der Waals surface area (Å²) in [5.41, 5.74) is 1.69. The Balaban J connectivity index is 2.19. The van der Waals surface area contributed by atoms with E-state index >= 15 is 0 Å². The number of esters is 1. The maximum absolute atomic E-state index is 12.7. The van der Waals surface area contributed by atoms with Crippen LogP contribution in [-0.4, -0.2) is 34.9 Å². The fourth-order valence-electron chi connectivity index (χ4n) is 2.18. The lowest BCUT2D eigenvalue weighted by Gasteiger charge is -2.26. The van der Waals surface area contributed by atoms with Crippen LogP contribution in [0, 0.1) is 0 Å². The van der Waals surface area contributed by atoms with Gasteiger partial charge in [0.05, 0.1) is 12.7 Å². The number of methoxy groups -OCH3 is 1. The van der Waals surface area contributed by atoms with Gasteiger partial charge in [-0.3, -0.25) is 9.78 Å². The van der Waals surface area contributed by atoms with Crippen LogP contribution in [0.5, 0.6) is 0 Å². The van der Waals surface area contributed by atoms with E-state index in [9.17, 15) is 9.59 Å². The lowest BCUT2D eigenvalue weighted by Crippen LogP contribution is -2.36. The molecule has 5 heteroatoms. The van der Waals surface area contributed by atoms with Gasteiger partial charge in [-0.1, -0.05) is 30.3 Å². The first kappa shape index (κ1) is 16.7. The highest BCUT2D eigenvalue weighted by atomic mass is 16.5. The average molecular weight is 312 g/mol. The summed E-state index contributed by atoms with van der Waals surface area (Å²) in [6, 6.07) is 12.9. The molecule has 1 amide bonds. The van der Waals surface area contributed by atoms with Crippen molar-refractivity contribution in [2.45, 2.75) is 26.4 Å². The van der Waals surface area contributed by atoms with Gasteiger partial charge < -0.3 is 9.64 Å². The zero-order valence-electron chi connectivity index (χ0n) is 13.5. The largest absolute Gasteiger partial charge is 0.465 e. The molecule has 0 aliphatic carbocycles. The molecule has 1 heterocycles. The Labute approximate surface area is 135 Å². The highest BCUT2D eigenvalue weighted by molar-refractivity contribution is 5.94. The number of amides is 1. The van der Waals surface area contributed by atoms with Crippen molar-refractivity contribution in [3.05, 3.63) is 65.5 Å². The highest BCUT2D eigenvalue weighted by Gasteiger charge is 2.20. The van der Waals surface area contributed by atoms with Gasteiger partial charge in [-0.2, -0.15) is 0 Å². The molecule has 5 nitrogen and oxygen atoms in total. The zero-order chi connectivity index (χ0) is 16.8. The third kappa shape index (κ3) is 4.16. The second-order valence-electron chi connectivity index (χ2n) is 5.44. The number of hydrogen-bond acceptors (Lipinski definition) is 4. The van der Waals surface area contributed by atoms with Crippen molar-refractivity contribution < 1.29 is 14.3 Å². The number of nitrogens with zero attached hydrogens (tertiary/aromatic N) is 2. The molecule has 0 atom stereocenters. The quantitative estimate of drug-likeness (QED) is 0.797. The summed E-state index contributed by atoms with van der Waals surface area (Å²) >= 11 is 0. The minimum Gasteiger partial charge on any atom is -0.465 e. The highest BCUT2D eigenvalue weighted by Crippen LogP contribution is 2.13. The van der Waals surface area contributed by atoms with E-state index in [1.165, 1.54) is 13.3 Å². The normalized spacial score (nSPS) is 10.4. The number of rotatable bonds is 5. The number of aromatic nitrogens is 1. The van der Waals surface area contributed by atoms with Crippen LogP contribution in [0.1, 0.15) is 40.3 Å². The van der Waals surface area contributed by atoms with E-state index in [4.69, 9.17) is 0 Å². The Morgan fingerprint density at radius 1 is 1.13 bits per heavy atom. The molecular weight excluding hydrogens is 292 g/mol. The summed E-state index contributed by atoms with van der Waals surface area (Å²) < 4.78 is 4.63. The van der Waals surface area contributed by atoms with Crippen LogP contribution in [0.3, 0.4) is 0 Å². The van der Waals surface area contributed by atoms with Crippen LogP contribution in [0.15, 0.2) is 48.7 Å². The Morgan fingerprint density at radius 3 is 2.35 bits per heavy atom. The Kier molecular flexibility index (Phi) is 5.46. The number of pyridine rings is 1. The van der Waals surface area contributed by atoms with Gasteiger partial charge in [0, 0.05) is 18.8 Å². The van der Waals surface area contributed by atoms with E-state index in [2.05, 4.69) is 9.72 Å². The molecule has 2 aromatic rings. The molecule has 0 spiro atoms. The molecule has 120 valence electrons. The fraction of sp³-hybridized carbons (Fsp3) is 0.278. The zero-order valence-corrected chi connectivity index (χ0v) is 13.5. The second kappa shape index (κ2) is 7.54. The van der Waals surface area contributed by atoms with Gasteiger partial charge in [-0.05, 0) is 31.5 Å². The van der Waals surface area contributed by atoms with Crippen molar-refractivity contribution in [2.75, 3.05) is 7.11 Å². The maximum Gasteiger partial charge on any atom is 0.339 e. The van der Waals surface area contributed by atoms with Crippen LogP contribution in [0.4, 0.5) is 0 Å². The third-order valence-electron chi connectivity index (χ3n) is 3.48. The SMILES string of the molecule is COC(=O)c1ccc(C(=O)N(Cc2ccccc2)C(C)C)nc1. The van der Waals surface area contributed by atoms with Crippen LogP contribution in [-0.2, 0) is 11.3 Å². The Hall–Kier alpha value is -2.69. The summed E-state index contributed by atoms with van der Waals surface area (Å²) in [6.45, 7) is 4.44. The van der Waals surface area contributed by atoms with Gasteiger partial charge in [0.2, 0.25) is 0 Å². The minimum absolute atomic E-state index is 0.0322. The Morgan fingerprint density at radius 2 is 1.83 bits per heavy atom. The predicted octanol–water partition coefficient (Wildman–Crippen LogP) is 2.92. The summed E-state index contributed by atoms with van der Waals surface area (Å²) in [4.78, 5) is 30.0. The standard InChI is InChI=1S/C18H20N2O3/c1-13(2)20(12-14-7-5-4-6-8-14)17(21)16-10-9-15(11-19-16)18(22)23-3/h4-11,13H,12H2,1-3H3. The van der Waals surface area contributed by atoms with Crippen molar-refractivity contribution in [1.29, 1.82) is 0 Å². The molecular formula is C18H20N2O3. The van der Waals surface area contributed by atoms with Crippen LogP contribution >= 0.6 is 0 Å². The third-order valence-corrected chi connectivity index (χ3v) is 3.48. The van der Waals surface area contributed by atoms with Gasteiger partial charge >= 0.3 is 5.97 Å². The van der Waals surface area contributed by atoms with Crippen molar-refractivity contribution in [1.82, 2.24) is 9.88 Å².